The first kappa shape index (κ1) is 25.0. The number of hydrogen-bond acceptors (Lipinski definition) is 6. The first-order valence-electron chi connectivity index (χ1n) is 11.0. The van der Waals surface area contributed by atoms with E-state index in [0.29, 0.717) is 34.7 Å². The fourth-order valence-corrected chi connectivity index (χ4v) is 4.80. The highest BCUT2D eigenvalue weighted by molar-refractivity contribution is 7.12. The molecule has 0 saturated carbocycles. The fourth-order valence-electron chi connectivity index (χ4n) is 4.18. The summed E-state index contributed by atoms with van der Waals surface area (Å²) < 4.78 is 48.8. The van der Waals surface area contributed by atoms with Gasteiger partial charge in [0.2, 0.25) is 5.91 Å². The van der Waals surface area contributed by atoms with Crippen molar-refractivity contribution in [3.8, 4) is 5.75 Å². The van der Waals surface area contributed by atoms with Crippen molar-refractivity contribution in [3.05, 3.63) is 46.2 Å². The largest absolute Gasteiger partial charge is 0.490 e. The highest BCUT2D eigenvalue weighted by atomic mass is 32.1. The zero-order valence-corrected chi connectivity index (χ0v) is 19.6. The van der Waals surface area contributed by atoms with Gasteiger partial charge in [-0.25, -0.2) is 0 Å². The van der Waals surface area contributed by atoms with Crippen molar-refractivity contribution < 1.29 is 37.0 Å². The van der Waals surface area contributed by atoms with Crippen LogP contribution >= 0.6 is 11.3 Å². The van der Waals surface area contributed by atoms with Crippen molar-refractivity contribution in [2.24, 2.45) is 0 Å². The summed E-state index contributed by atoms with van der Waals surface area (Å²) in [4.78, 5) is 39.6. The van der Waals surface area contributed by atoms with Crippen molar-refractivity contribution in [3.63, 3.8) is 0 Å². The molecule has 188 valence electrons. The van der Waals surface area contributed by atoms with Gasteiger partial charge in [0, 0.05) is 12.7 Å². The van der Waals surface area contributed by atoms with Gasteiger partial charge < -0.3 is 25.0 Å². The monoisotopic (exact) mass is 511 g/mol. The van der Waals surface area contributed by atoms with E-state index in [4.69, 9.17) is 9.47 Å². The number of nitrogens with zero attached hydrogens (tertiary/aromatic N) is 1. The molecule has 2 aliphatic rings. The Kier molecular flexibility index (Phi) is 7.31. The Morgan fingerprint density at radius 1 is 1.23 bits per heavy atom. The van der Waals surface area contributed by atoms with E-state index in [-0.39, 0.29) is 30.9 Å². The van der Waals surface area contributed by atoms with E-state index in [2.05, 4.69) is 5.32 Å². The number of alkyl halides is 3. The lowest BCUT2D eigenvalue weighted by Crippen LogP contribution is -2.54. The first-order valence-corrected chi connectivity index (χ1v) is 11.9. The average Bonchev–Trinajstić information content (AvgIpc) is 3.35. The number of likely N-dealkylation sites (N-methyl/N-ethyl adjacent to an activating group) is 1. The number of hydrogen-bond donors (Lipinski definition) is 2. The lowest BCUT2D eigenvalue weighted by molar-refractivity contribution is -0.144. The van der Waals surface area contributed by atoms with Gasteiger partial charge in [-0.1, -0.05) is 6.07 Å². The Bertz CT molecular complexity index is 1090. The molecule has 1 fully saturated rings. The second-order valence-electron chi connectivity index (χ2n) is 8.41. The van der Waals surface area contributed by atoms with Crippen LogP contribution in [-0.4, -0.2) is 67.2 Å². The number of carbonyl (C=O) groups is 3. The summed E-state index contributed by atoms with van der Waals surface area (Å²) in [7, 11) is 1.64. The van der Waals surface area contributed by atoms with Crippen LogP contribution < -0.4 is 15.4 Å². The molecule has 2 aliphatic heterocycles. The fraction of sp³-hybridized carbons (Fsp3) is 0.435. The highest BCUT2D eigenvalue weighted by Crippen LogP contribution is 2.32. The summed E-state index contributed by atoms with van der Waals surface area (Å²) in [6, 6.07) is 7.93. The predicted molar refractivity (Wildman–Crippen MR) is 122 cm³/mol. The molecule has 2 aromatic rings. The molecule has 3 amide bonds. The number of halogens is 3. The topological polar surface area (TPSA) is 97.0 Å². The molecule has 3 heterocycles. The molecule has 8 nitrogen and oxygen atoms in total. The van der Waals surface area contributed by atoms with Crippen LogP contribution in [0, 0.1) is 0 Å². The minimum atomic E-state index is -4.48. The first-order chi connectivity index (χ1) is 16.6. The number of anilines is 1. The number of ether oxygens (including phenoxy) is 2. The lowest BCUT2D eigenvalue weighted by Gasteiger charge is -2.42. The van der Waals surface area contributed by atoms with E-state index < -0.39 is 30.8 Å². The zero-order chi connectivity index (χ0) is 25.2. The zero-order valence-electron chi connectivity index (χ0n) is 18.8. The number of fused-ring (bicyclic) bond motifs is 2. The van der Waals surface area contributed by atoms with Crippen LogP contribution in [0.1, 0.15) is 39.3 Å². The van der Waals surface area contributed by atoms with E-state index in [9.17, 15) is 27.6 Å². The maximum Gasteiger partial charge on any atom is 0.405 e. The second-order valence-corrected chi connectivity index (χ2v) is 9.35. The third kappa shape index (κ3) is 6.12. The molecule has 0 radical (unpaired) electrons. The van der Waals surface area contributed by atoms with Gasteiger partial charge in [0.15, 0.2) is 0 Å². The van der Waals surface area contributed by atoms with Gasteiger partial charge in [-0.15, -0.1) is 11.3 Å². The van der Waals surface area contributed by atoms with Crippen LogP contribution in [0.3, 0.4) is 0 Å². The van der Waals surface area contributed by atoms with Crippen molar-refractivity contribution in [2.45, 2.75) is 43.7 Å². The normalized spacial score (nSPS) is 22.2. The molecule has 1 aromatic heterocycles. The Morgan fingerprint density at radius 2 is 2.03 bits per heavy atom. The van der Waals surface area contributed by atoms with E-state index in [1.165, 1.54) is 11.3 Å². The van der Waals surface area contributed by atoms with Gasteiger partial charge in [0.1, 0.15) is 25.0 Å². The molecule has 4 rings (SSSR count). The minimum absolute atomic E-state index is 0.0941. The third-order valence-electron chi connectivity index (χ3n) is 5.91. The minimum Gasteiger partial charge on any atom is -0.490 e. The van der Waals surface area contributed by atoms with Crippen LogP contribution in [0.4, 0.5) is 18.9 Å². The maximum atomic E-state index is 13.3. The molecule has 0 spiro atoms. The maximum absolute atomic E-state index is 13.3. The molecule has 0 aliphatic carbocycles. The lowest BCUT2D eigenvalue weighted by atomic mass is 9.94. The second kappa shape index (κ2) is 10.2. The molecule has 0 bridgehead atoms. The van der Waals surface area contributed by atoms with E-state index in [1.54, 1.807) is 47.7 Å². The molecule has 35 heavy (non-hydrogen) atoms. The van der Waals surface area contributed by atoms with Gasteiger partial charge in [0.05, 0.1) is 29.0 Å². The number of carbonyl (C=O) groups excluding carboxylic acids is 3. The molecule has 1 saturated heterocycles. The van der Waals surface area contributed by atoms with Gasteiger partial charge in [-0.2, -0.15) is 13.2 Å². The van der Waals surface area contributed by atoms with Gasteiger partial charge in [-0.05, 0) is 42.5 Å². The molecular weight excluding hydrogens is 487 g/mol. The smallest absolute Gasteiger partial charge is 0.405 e. The van der Waals surface area contributed by atoms with Crippen molar-refractivity contribution in [2.75, 3.05) is 25.5 Å². The van der Waals surface area contributed by atoms with E-state index in [0.717, 1.165) is 0 Å². The van der Waals surface area contributed by atoms with Crippen molar-refractivity contribution in [1.82, 2.24) is 10.2 Å². The summed E-state index contributed by atoms with van der Waals surface area (Å²) in [5.74, 6) is -1.02. The molecule has 2 N–H and O–H groups in total. The molecule has 1 aromatic carbocycles. The number of amides is 3. The predicted octanol–water partition coefficient (Wildman–Crippen LogP) is 3.45. The Morgan fingerprint density at radius 3 is 2.74 bits per heavy atom. The Balaban J connectivity index is 1.43. The summed E-state index contributed by atoms with van der Waals surface area (Å²) in [6.07, 6.45) is -4.92. The Labute approximate surface area is 203 Å². The van der Waals surface area contributed by atoms with Crippen molar-refractivity contribution >= 4 is 34.7 Å². The van der Waals surface area contributed by atoms with Crippen molar-refractivity contribution in [1.29, 1.82) is 0 Å². The number of rotatable bonds is 5. The molecule has 3 atom stereocenters. The van der Waals surface area contributed by atoms with E-state index in [1.807, 2.05) is 5.32 Å². The SMILES string of the molecule is CN1C(=O)c2cc(NC(=O)c3cccs3)ccc2OC[C@@H]2O[C@H](CC(=O)NCC(F)(F)F)CC[C@@H]21. The molecule has 12 heteroatoms. The summed E-state index contributed by atoms with van der Waals surface area (Å²) in [5.41, 5.74) is 0.748. The number of thiophene rings is 1. The van der Waals surface area contributed by atoms with Gasteiger partial charge in [-0.3, -0.25) is 14.4 Å². The summed E-state index contributed by atoms with van der Waals surface area (Å²) in [5, 5.41) is 6.43. The molecular formula is C23H24F3N3O5S. The summed E-state index contributed by atoms with van der Waals surface area (Å²) in [6.45, 7) is -1.30. The quantitative estimate of drug-likeness (QED) is 0.641. The molecule has 0 unspecified atom stereocenters. The Hall–Kier alpha value is -3.12. The van der Waals surface area contributed by atoms with Crippen LogP contribution in [0.25, 0.3) is 0 Å². The number of benzene rings is 1. The van der Waals surface area contributed by atoms with Crippen LogP contribution in [0.5, 0.6) is 5.75 Å². The van der Waals surface area contributed by atoms with Gasteiger partial charge in [0.25, 0.3) is 11.8 Å². The number of nitrogens with one attached hydrogen (secondary N) is 2. The van der Waals surface area contributed by atoms with E-state index >= 15 is 0 Å². The third-order valence-corrected chi connectivity index (χ3v) is 6.78. The van der Waals surface area contributed by atoms with Crippen LogP contribution in [0.15, 0.2) is 35.7 Å². The highest BCUT2D eigenvalue weighted by Gasteiger charge is 2.39. The van der Waals surface area contributed by atoms with Gasteiger partial charge >= 0.3 is 6.18 Å². The standard InChI is InChI=1S/C23H24F3N3O5S/c1-29-16-6-5-14(10-20(30)27-12-23(24,25)26)34-18(16)11-33-17-7-4-13(9-15(17)22(29)32)28-21(31)19-3-2-8-35-19/h2-4,7-9,14,16,18H,5-6,10-12H2,1H3,(H,27,30)(H,28,31)/t14-,16-,18-/m0/s1. The summed E-state index contributed by atoms with van der Waals surface area (Å²) >= 11 is 1.31. The average molecular weight is 512 g/mol. The van der Waals surface area contributed by atoms with Crippen LogP contribution in [0.2, 0.25) is 0 Å². The van der Waals surface area contributed by atoms with Crippen LogP contribution in [-0.2, 0) is 9.53 Å².